The number of amidine groups is 1. The number of hydroxylamine groups is 3. The Hall–Kier alpha value is -0.870. The first-order valence-electron chi connectivity index (χ1n) is 3.62. The first-order valence-corrected chi connectivity index (χ1v) is 3.62. The van der Waals surface area contributed by atoms with Gasteiger partial charge < -0.3 is 5.73 Å². The van der Waals surface area contributed by atoms with Gasteiger partial charge in [-0.2, -0.15) is 4.65 Å². The zero-order valence-corrected chi connectivity index (χ0v) is 6.67. The molecule has 1 unspecified atom stereocenters. The van der Waals surface area contributed by atoms with E-state index in [9.17, 15) is 5.21 Å². The Kier molecular flexibility index (Phi) is 1.97. The summed E-state index contributed by atoms with van der Waals surface area (Å²) in [6.45, 7) is 1.16. The van der Waals surface area contributed by atoms with Crippen molar-refractivity contribution in [3.63, 3.8) is 0 Å². The van der Waals surface area contributed by atoms with Crippen LogP contribution in [0.15, 0.2) is 11.6 Å². The van der Waals surface area contributed by atoms with E-state index in [2.05, 4.69) is 0 Å². The van der Waals surface area contributed by atoms with Gasteiger partial charge in [0.15, 0.2) is 0 Å². The van der Waals surface area contributed by atoms with Crippen molar-refractivity contribution in [2.45, 2.75) is 6.42 Å². The van der Waals surface area contributed by atoms with Crippen LogP contribution in [0.2, 0.25) is 0 Å². The van der Waals surface area contributed by atoms with E-state index >= 15 is 0 Å². The van der Waals surface area contributed by atoms with Gasteiger partial charge >= 0.3 is 0 Å². The number of nitrogens with zero attached hydrogens (tertiary/aromatic N) is 1. The maximum absolute atomic E-state index is 9.54. The molecule has 1 aliphatic heterocycles. The minimum atomic E-state index is -0.0502. The van der Waals surface area contributed by atoms with Crippen LogP contribution in [0.25, 0.3) is 0 Å². The summed E-state index contributed by atoms with van der Waals surface area (Å²) in [5.74, 6) is 0.0723. The molecule has 0 spiro atoms. The fourth-order valence-corrected chi connectivity index (χ4v) is 1.22. The van der Waals surface area contributed by atoms with Crippen LogP contribution >= 0.6 is 0 Å². The van der Waals surface area contributed by atoms with Crippen molar-refractivity contribution >= 4 is 5.84 Å². The lowest BCUT2D eigenvalue weighted by Gasteiger charge is -2.28. The first-order chi connectivity index (χ1) is 5.01. The lowest BCUT2D eigenvalue weighted by Crippen LogP contribution is -2.46. The van der Waals surface area contributed by atoms with Crippen molar-refractivity contribution in [3.05, 3.63) is 11.6 Å². The van der Waals surface area contributed by atoms with Crippen molar-refractivity contribution in [2.75, 3.05) is 20.1 Å². The summed E-state index contributed by atoms with van der Waals surface area (Å²) in [7, 11) is 1.72. The Bertz CT molecular complexity index is 208. The van der Waals surface area contributed by atoms with E-state index in [1.54, 1.807) is 7.05 Å². The van der Waals surface area contributed by atoms with E-state index in [0.717, 1.165) is 12.0 Å². The molecule has 1 atom stereocenters. The summed E-state index contributed by atoms with van der Waals surface area (Å²) in [4.78, 5) is 0. The third-order valence-electron chi connectivity index (χ3n) is 1.86. The number of likely N-dealkylation sites (N-methyl/N-ethyl adjacent to an activating group) is 1. The molecule has 0 aromatic rings. The van der Waals surface area contributed by atoms with Crippen molar-refractivity contribution < 1.29 is 9.85 Å². The van der Waals surface area contributed by atoms with Crippen LogP contribution < -0.4 is 5.73 Å². The maximum atomic E-state index is 9.54. The number of nitrogens with one attached hydrogen (secondary N) is 1. The highest BCUT2D eigenvalue weighted by molar-refractivity contribution is 5.94. The van der Waals surface area contributed by atoms with Gasteiger partial charge in [0.25, 0.3) is 0 Å². The van der Waals surface area contributed by atoms with Crippen molar-refractivity contribution in [2.24, 2.45) is 5.73 Å². The van der Waals surface area contributed by atoms with Gasteiger partial charge in [-0.1, -0.05) is 6.08 Å². The fourth-order valence-electron chi connectivity index (χ4n) is 1.22. The minimum Gasteiger partial charge on any atom is -0.384 e. The lowest BCUT2D eigenvalue weighted by atomic mass is 10.1. The third-order valence-corrected chi connectivity index (χ3v) is 1.86. The highest BCUT2D eigenvalue weighted by Crippen LogP contribution is 2.12. The molecule has 1 heterocycles. The zero-order valence-electron chi connectivity index (χ0n) is 6.67. The number of hydrogen-bond acceptors (Lipinski definition) is 2. The van der Waals surface area contributed by atoms with Crippen molar-refractivity contribution in [3.8, 4) is 0 Å². The lowest BCUT2D eigenvalue weighted by molar-refractivity contribution is -1.08. The highest BCUT2D eigenvalue weighted by Gasteiger charge is 2.25. The van der Waals surface area contributed by atoms with Gasteiger partial charge in [-0.15, -0.1) is 0 Å². The average molecular weight is 156 g/mol. The Morgan fingerprint density at radius 3 is 2.82 bits per heavy atom. The van der Waals surface area contributed by atoms with Gasteiger partial charge in [0.05, 0.1) is 7.05 Å². The number of nitrogens with two attached hydrogens (primary N) is 1. The van der Waals surface area contributed by atoms with Crippen LogP contribution in [0.4, 0.5) is 0 Å². The maximum Gasteiger partial charge on any atom is 0.137 e. The second-order valence-electron chi connectivity index (χ2n) is 3.15. The average Bonchev–Trinajstić information content (AvgIpc) is 1.85. The van der Waals surface area contributed by atoms with Crippen LogP contribution in [-0.4, -0.2) is 35.8 Å². The predicted molar refractivity (Wildman–Crippen MR) is 42.3 cm³/mol. The molecule has 0 radical (unpaired) electrons. The summed E-state index contributed by atoms with van der Waals surface area (Å²) < 4.78 is -0.0502. The van der Waals surface area contributed by atoms with Gasteiger partial charge in [-0.25, -0.2) is 5.21 Å². The molecule has 4 N–H and O–H groups in total. The van der Waals surface area contributed by atoms with E-state index in [1.807, 2.05) is 6.08 Å². The molecule has 62 valence electrons. The molecule has 0 saturated carbocycles. The van der Waals surface area contributed by atoms with Crippen molar-refractivity contribution in [1.29, 1.82) is 5.41 Å². The molecule has 4 heteroatoms. The summed E-state index contributed by atoms with van der Waals surface area (Å²) in [6, 6.07) is 0. The summed E-state index contributed by atoms with van der Waals surface area (Å²) in [6.07, 6.45) is 2.71. The van der Waals surface area contributed by atoms with Crippen LogP contribution in [0.1, 0.15) is 6.42 Å². The molecule has 0 amide bonds. The quantitative estimate of drug-likeness (QED) is 0.286. The van der Waals surface area contributed by atoms with Gasteiger partial charge in [0.1, 0.15) is 18.9 Å². The Balaban J connectivity index is 2.71. The predicted octanol–water partition coefficient (Wildman–Crippen LogP) is 0.0883. The van der Waals surface area contributed by atoms with Gasteiger partial charge in [0.2, 0.25) is 0 Å². The van der Waals surface area contributed by atoms with Crippen LogP contribution in [0.3, 0.4) is 0 Å². The number of quaternary nitrogens is 1. The molecule has 0 aromatic heterocycles. The standard InChI is InChI=1S/C7H14N3O/c1-10(11)4-2-3-6(5-10)7(8)9/h3,11H,2,4-5H2,1H3,(H3,8,9)/q+1. The van der Waals surface area contributed by atoms with Crippen LogP contribution in [-0.2, 0) is 0 Å². The largest absolute Gasteiger partial charge is 0.384 e. The molecule has 0 aromatic carbocycles. The molecule has 0 fully saturated rings. The first kappa shape index (κ1) is 8.23. The second-order valence-corrected chi connectivity index (χ2v) is 3.15. The number of hydrogen-bond donors (Lipinski definition) is 3. The van der Waals surface area contributed by atoms with Crippen molar-refractivity contribution in [1.82, 2.24) is 0 Å². The van der Waals surface area contributed by atoms with E-state index in [-0.39, 0.29) is 10.5 Å². The van der Waals surface area contributed by atoms with Gasteiger partial charge in [0, 0.05) is 12.0 Å². The van der Waals surface area contributed by atoms with Crippen LogP contribution in [0.5, 0.6) is 0 Å². The smallest absolute Gasteiger partial charge is 0.137 e. The highest BCUT2D eigenvalue weighted by atomic mass is 16.5. The van der Waals surface area contributed by atoms with E-state index < -0.39 is 0 Å². The Morgan fingerprint density at radius 2 is 2.45 bits per heavy atom. The zero-order chi connectivity index (χ0) is 8.48. The summed E-state index contributed by atoms with van der Waals surface area (Å²) >= 11 is 0. The molecule has 0 bridgehead atoms. The molecular weight excluding hydrogens is 142 g/mol. The molecule has 4 nitrogen and oxygen atoms in total. The summed E-state index contributed by atoms with van der Waals surface area (Å²) in [5, 5.41) is 16.7. The van der Waals surface area contributed by atoms with E-state index in [1.165, 1.54) is 0 Å². The molecular formula is C7H14N3O+. The normalized spacial score (nSPS) is 31.3. The molecule has 0 aliphatic carbocycles. The molecule has 0 saturated heterocycles. The topological polar surface area (TPSA) is 70.1 Å². The van der Waals surface area contributed by atoms with E-state index in [4.69, 9.17) is 11.1 Å². The van der Waals surface area contributed by atoms with Gasteiger partial charge in [-0.05, 0) is 0 Å². The Labute approximate surface area is 66.0 Å². The minimum absolute atomic E-state index is 0.0502. The van der Waals surface area contributed by atoms with Crippen LogP contribution in [0, 0.1) is 5.41 Å². The van der Waals surface area contributed by atoms with E-state index in [0.29, 0.717) is 13.1 Å². The molecule has 1 aliphatic rings. The SMILES string of the molecule is C[N+]1(O)CCC=C(C(=N)N)C1. The summed E-state index contributed by atoms with van der Waals surface area (Å²) in [5.41, 5.74) is 6.03. The molecule has 11 heavy (non-hydrogen) atoms. The second kappa shape index (κ2) is 2.64. The molecule has 1 rings (SSSR count). The van der Waals surface area contributed by atoms with Gasteiger partial charge in [-0.3, -0.25) is 5.41 Å². The third kappa shape index (κ3) is 2.03. The Morgan fingerprint density at radius 1 is 1.82 bits per heavy atom. The monoisotopic (exact) mass is 156 g/mol. The fraction of sp³-hybridized carbons (Fsp3) is 0.571. The number of rotatable bonds is 1.